The summed E-state index contributed by atoms with van der Waals surface area (Å²) in [5.74, 6) is 0. The largest absolute Gasteiger partial charge is 0.290 e. The van der Waals surface area contributed by atoms with Crippen LogP contribution in [0.25, 0.3) is 0 Å². The molecule has 0 aromatic heterocycles. The Bertz CT molecular complexity index is 1110. The second-order valence-corrected chi connectivity index (χ2v) is 8.27. The highest BCUT2D eigenvalue weighted by Crippen LogP contribution is 2.38. The number of benzene rings is 3. The van der Waals surface area contributed by atoms with Crippen molar-refractivity contribution in [2.75, 3.05) is 4.90 Å². The van der Waals surface area contributed by atoms with Crippen LogP contribution in [0.1, 0.15) is 17.3 Å². The zero-order valence-corrected chi connectivity index (χ0v) is 17.5. The van der Waals surface area contributed by atoms with Crippen molar-refractivity contribution in [3.05, 3.63) is 101 Å². The Kier molecular flexibility index (Phi) is 4.83. The van der Waals surface area contributed by atoms with Crippen LogP contribution in [0.15, 0.2) is 95.0 Å². The van der Waals surface area contributed by atoms with E-state index in [1.807, 2.05) is 89.8 Å². The van der Waals surface area contributed by atoms with Gasteiger partial charge >= 0.3 is 0 Å². The number of aliphatic imine (C=N–C) groups is 1. The fourth-order valence-electron chi connectivity index (χ4n) is 3.25. The topological polar surface area (TPSA) is 31.2 Å². The minimum Gasteiger partial charge on any atom is -0.290 e. The molecule has 0 N–H and O–H groups in total. The number of rotatable bonds is 3. The molecule has 0 aliphatic carbocycles. The normalized spacial score (nSPS) is 18.4. The summed E-state index contributed by atoms with van der Waals surface area (Å²) in [6.45, 7) is 0. The van der Waals surface area contributed by atoms with Crippen LogP contribution in [0.5, 0.6) is 0 Å². The second-order valence-electron chi connectivity index (χ2n) is 6.51. The molecule has 4 nitrogen and oxygen atoms in total. The molecule has 0 bridgehead atoms. The van der Waals surface area contributed by atoms with E-state index in [1.54, 1.807) is 5.01 Å². The van der Waals surface area contributed by atoms with Gasteiger partial charge in [0.15, 0.2) is 11.3 Å². The number of hydrogen-bond donors (Lipinski definition) is 0. The zero-order valence-electron chi connectivity index (χ0n) is 15.1. The van der Waals surface area contributed by atoms with Crippen molar-refractivity contribution in [1.29, 1.82) is 0 Å². The lowest BCUT2D eigenvalue weighted by atomic mass is 10.1. The number of halogens is 1. The van der Waals surface area contributed by atoms with Crippen molar-refractivity contribution in [1.82, 2.24) is 5.01 Å². The van der Waals surface area contributed by atoms with Crippen LogP contribution >= 0.6 is 35.6 Å². The highest BCUT2D eigenvalue weighted by Gasteiger charge is 2.39. The van der Waals surface area contributed by atoms with Crippen LogP contribution in [0.4, 0.5) is 5.69 Å². The van der Waals surface area contributed by atoms with E-state index in [9.17, 15) is 0 Å². The highest BCUT2D eigenvalue weighted by atomic mass is 35.5. The third-order valence-electron chi connectivity index (χ3n) is 4.65. The molecule has 5 rings (SSSR count). The molecule has 2 heterocycles. The van der Waals surface area contributed by atoms with E-state index < -0.39 is 0 Å². The SMILES string of the molecule is S=C1N2N=C(c3ccccc3)SC2=NC(c2ccc(Cl)cc2)N1c1ccccc1. The first-order valence-electron chi connectivity index (χ1n) is 9.04. The molecule has 142 valence electrons. The van der Waals surface area contributed by atoms with E-state index in [2.05, 4.69) is 0 Å². The minimum absolute atomic E-state index is 0.286. The standard InChI is InChI=1S/C22H15ClN4S2/c23-17-13-11-15(12-14-17)19-24-21-27(22(28)26(19)18-9-5-2-6-10-18)25-20(29-21)16-7-3-1-4-8-16/h1-14,19H. The van der Waals surface area contributed by atoms with Crippen molar-refractivity contribution >= 4 is 56.6 Å². The summed E-state index contributed by atoms with van der Waals surface area (Å²) in [6, 6.07) is 27.8. The fourth-order valence-corrected chi connectivity index (χ4v) is 4.69. The minimum atomic E-state index is -0.286. The number of hydrogen-bond acceptors (Lipinski definition) is 4. The molecule has 0 saturated heterocycles. The molecule has 7 heteroatoms. The van der Waals surface area contributed by atoms with Gasteiger partial charge in [-0.25, -0.2) is 4.99 Å². The molecule has 0 fully saturated rings. The summed E-state index contributed by atoms with van der Waals surface area (Å²) in [7, 11) is 0. The van der Waals surface area contributed by atoms with Gasteiger partial charge in [-0.3, -0.25) is 4.90 Å². The van der Waals surface area contributed by atoms with Crippen LogP contribution in [0.3, 0.4) is 0 Å². The Morgan fingerprint density at radius 2 is 1.52 bits per heavy atom. The summed E-state index contributed by atoms with van der Waals surface area (Å²) in [6.07, 6.45) is -0.286. The van der Waals surface area contributed by atoms with E-state index >= 15 is 0 Å². The number of para-hydroxylation sites is 1. The highest BCUT2D eigenvalue weighted by molar-refractivity contribution is 8.27. The van der Waals surface area contributed by atoms with Crippen LogP contribution < -0.4 is 4.90 Å². The number of hydrazone groups is 1. The van der Waals surface area contributed by atoms with E-state index in [0.29, 0.717) is 10.1 Å². The summed E-state index contributed by atoms with van der Waals surface area (Å²) < 4.78 is 0. The van der Waals surface area contributed by atoms with E-state index in [4.69, 9.17) is 33.9 Å². The number of thiocarbonyl (C=S) groups is 1. The Morgan fingerprint density at radius 1 is 0.862 bits per heavy atom. The smallest absolute Gasteiger partial charge is 0.205 e. The lowest BCUT2D eigenvalue weighted by Crippen LogP contribution is -2.47. The number of thioether (sulfide) groups is 1. The van der Waals surface area contributed by atoms with Gasteiger partial charge in [0.1, 0.15) is 5.04 Å². The Morgan fingerprint density at radius 3 is 2.21 bits per heavy atom. The van der Waals surface area contributed by atoms with Gasteiger partial charge in [-0.05, 0) is 53.8 Å². The predicted octanol–water partition coefficient (Wildman–Crippen LogP) is 5.91. The van der Waals surface area contributed by atoms with Gasteiger partial charge in [0.25, 0.3) is 0 Å². The molecule has 0 saturated carbocycles. The molecule has 29 heavy (non-hydrogen) atoms. The maximum atomic E-state index is 6.10. The average molecular weight is 435 g/mol. The maximum absolute atomic E-state index is 6.10. The van der Waals surface area contributed by atoms with Crippen LogP contribution in [-0.2, 0) is 0 Å². The van der Waals surface area contributed by atoms with E-state index in [-0.39, 0.29) is 6.17 Å². The Balaban J connectivity index is 1.60. The van der Waals surface area contributed by atoms with Crippen molar-refractivity contribution in [3.8, 4) is 0 Å². The molecule has 3 aromatic rings. The van der Waals surface area contributed by atoms with Gasteiger partial charge in [-0.15, -0.1) is 0 Å². The first-order valence-corrected chi connectivity index (χ1v) is 10.6. The van der Waals surface area contributed by atoms with Crippen LogP contribution in [-0.4, -0.2) is 20.3 Å². The number of nitrogens with zero attached hydrogens (tertiary/aromatic N) is 4. The molecular weight excluding hydrogens is 420 g/mol. The van der Waals surface area contributed by atoms with E-state index in [1.165, 1.54) is 11.8 Å². The van der Waals surface area contributed by atoms with Crippen molar-refractivity contribution in [3.63, 3.8) is 0 Å². The molecule has 0 spiro atoms. The summed E-state index contributed by atoms with van der Waals surface area (Å²) >= 11 is 13.5. The van der Waals surface area contributed by atoms with Crippen molar-refractivity contribution in [2.45, 2.75) is 6.17 Å². The van der Waals surface area contributed by atoms with Gasteiger partial charge in [-0.1, -0.05) is 72.3 Å². The molecule has 2 aliphatic rings. The van der Waals surface area contributed by atoms with Crippen LogP contribution in [0.2, 0.25) is 5.02 Å². The van der Waals surface area contributed by atoms with Crippen molar-refractivity contribution in [2.24, 2.45) is 10.1 Å². The van der Waals surface area contributed by atoms with Gasteiger partial charge < -0.3 is 0 Å². The molecule has 0 radical (unpaired) electrons. The number of fused-ring (bicyclic) bond motifs is 1. The zero-order chi connectivity index (χ0) is 19.8. The fraction of sp³-hybridized carbons (Fsp3) is 0.0455. The second kappa shape index (κ2) is 7.63. The number of anilines is 1. The molecule has 2 aliphatic heterocycles. The monoisotopic (exact) mass is 434 g/mol. The first kappa shape index (κ1) is 18.4. The summed E-state index contributed by atoms with van der Waals surface area (Å²) in [5.41, 5.74) is 3.03. The average Bonchev–Trinajstić information content (AvgIpc) is 3.20. The lowest BCUT2D eigenvalue weighted by Gasteiger charge is -2.37. The first-order chi connectivity index (χ1) is 14.2. The van der Waals surface area contributed by atoms with Gasteiger partial charge in [-0.2, -0.15) is 10.1 Å². The third-order valence-corrected chi connectivity index (χ3v) is 6.24. The Labute approximate surface area is 183 Å². The molecule has 1 atom stereocenters. The van der Waals surface area contributed by atoms with Gasteiger partial charge in [0, 0.05) is 16.3 Å². The molecule has 1 unspecified atom stereocenters. The van der Waals surface area contributed by atoms with Gasteiger partial charge in [0.05, 0.1) is 0 Å². The molecular formula is C22H15ClN4S2. The van der Waals surface area contributed by atoms with Crippen molar-refractivity contribution < 1.29 is 0 Å². The lowest BCUT2D eigenvalue weighted by molar-refractivity contribution is 0.598. The molecule has 3 aromatic carbocycles. The summed E-state index contributed by atoms with van der Waals surface area (Å²) in [5, 5.41) is 9.46. The Hall–Kier alpha value is -2.67. The quantitative estimate of drug-likeness (QED) is 0.479. The van der Waals surface area contributed by atoms with Crippen LogP contribution in [0, 0.1) is 0 Å². The summed E-state index contributed by atoms with van der Waals surface area (Å²) in [4.78, 5) is 7.04. The predicted molar refractivity (Wildman–Crippen MR) is 126 cm³/mol. The maximum Gasteiger partial charge on any atom is 0.205 e. The number of amidine groups is 1. The molecule has 0 amide bonds. The van der Waals surface area contributed by atoms with Gasteiger partial charge in [0.2, 0.25) is 5.11 Å². The van der Waals surface area contributed by atoms with E-state index in [0.717, 1.165) is 27.0 Å². The third kappa shape index (κ3) is 3.44.